The zero-order valence-electron chi connectivity index (χ0n) is 21.1. The Morgan fingerprint density at radius 3 is 2.47 bits per heavy atom. The molecule has 0 radical (unpaired) electrons. The molecule has 0 saturated heterocycles. The van der Waals surface area contributed by atoms with E-state index in [-0.39, 0.29) is 11.8 Å². The third kappa shape index (κ3) is 4.86. The van der Waals surface area contributed by atoms with Crippen molar-refractivity contribution in [2.24, 2.45) is 0 Å². The van der Waals surface area contributed by atoms with Crippen molar-refractivity contribution in [1.29, 1.82) is 0 Å². The summed E-state index contributed by atoms with van der Waals surface area (Å²) in [5.41, 5.74) is 4.44. The van der Waals surface area contributed by atoms with Crippen molar-refractivity contribution < 1.29 is 14.3 Å². The van der Waals surface area contributed by atoms with E-state index < -0.39 is 6.04 Å². The number of nitrogens with zero attached hydrogens (tertiary/aromatic N) is 2. The lowest BCUT2D eigenvalue weighted by molar-refractivity contribution is -0.113. The minimum absolute atomic E-state index is 0.311. The largest absolute Gasteiger partial charge is 0.495 e. The molecule has 5 rings (SSSR count). The van der Waals surface area contributed by atoms with Gasteiger partial charge in [-0.25, -0.2) is 4.68 Å². The summed E-state index contributed by atoms with van der Waals surface area (Å²) in [6, 6.07) is 21.4. The van der Waals surface area contributed by atoms with Crippen LogP contribution < -0.4 is 20.7 Å². The first-order chi connectivity index (χ1) is 18.4. The van der Waals surface area contributed by atoms with Crippen LogP contribution >= 0.6 is 11.6 Å². The van der Waals surface area contributed by atoms with Crippen LogP contribution in [-0.4, -0.2) is 28.7 Å². The van der Waals surface area contributed by atoms with Crippen LogP contribution in [0.25, 0.3) is 0 Å². The monoisotopic (exact) mass is 527 g/mol. The number of hydrogen-bond donors (Lipinski definition) is 3. The van der Waals surface area contributed by atoms with Crippen molar-refractivity contribution in [2.75, 3.05) is 23.1 Å². The summed E-state index contributed by atoms with van der Waals surface area (Å²) in [5, 5.41) is 14.3. The number of aromatic nitrogens is 2. The van der Waals surface area contributed by atoms with Gasteiger partial charge in [0.2, 0.25) is 0 Å². The van der Waals surface area contributed by atoms with Gasteiger partial charge in [-0.3, -0.25) is 9.59 Å². The molecule has 0 bridgehead atoms. The van der Waals surface area contributed by atoms with Crippen molar-refractivity contribution in [3.8, 4) is 5.75 Å². The van der Waals surface area contributed by atoms with Crippen LogP contribution in [0.3, 0.4) is 0 Å². The Morgan fingerprint density at radius 2 is 1.74 bits per heavy atom. The van der Waals surface area contributed by atoms with Gasteiger partial charge in [0, 0.05) is 16.4 Å². The summed E-state index contributed by atoms with van der Waals surface area (Å²) in [6.45, 7) is 3.76. The second kappa shape index (κ2) is 10.4. The van der Waals surface area contributed by atoms with Gasteiger partial charge < -0.3 is 20.7 Å². The van der Waals surface area contributed by atoms with E-state index in [9.17, 15) is 9.59 Å². The molecule has 1 aliphatic heterocycles. The number of allylic oxidation sites excluding steroid dienone is 1. The van der Waals surface area contributed by atoms with Crippen LogP contribution in [0, 0.1) is 6.92 Å². The molecule has 2 amide bonds. The number of amides is 2. The first-order valence-corrected chi connectivity index (χ1v) is 12.4. The summed E-state index contributed by atoms with van der Waals surface area (Å²) in [4.78, 5) is 27.0. The van der Waals surface area contributed by atoms with Crippen molar-refractivity contribution in [2.45, 2.75) is 19.9 Å². The van der Waals surface area contributed by atoms with E-state index in [0.29, 0.717) is 44.8 Å². The quantitative estimate of drug-likeness (QED) is 0.284. The maximum Gasteiger partial charge on any atom is 0.261 e. The molecule has 1 aliphatic rings. The smallest absolute Gasteiger partial charge is 0.261 e. The molecule has 1 aromatic heterocycles. The lowest BCUT2D eigenvalue weighted by atomic mass is 9.94. The van der Waals surface area contributed by atoms with Gasteiger partial charge in [-0.15, -0.1) is 0 Å². The summed E-state index contributed by atoms with van der Waals surface area (Å²) in [6.07, 6.45) is 1.50. The number of halogens is 1. The molecule has 3 N–H and O–H groups in total. The van der Waals surface area contributed by atoms with Crippen LogP contribution in [0.1, 0.15) is 34.5 Å². The maximum absolute atomic E-state index is 13.7. The van der Waals surface area contributed by atoms with E-state index >= 15 is 0 Å². The summed E-state index contributed by atoms with van der Waals surface area (Å²) in [5.74, 6) is 0.391. The number of anilines is 3. The second-order valence-corrected chi connectivity index (χ2v) is 9.38. The second-order valence-electron chi connectivity index (χ2n) is 8.95. The van der Waals surface area contributed by atoms with Gasteiger partial charge in [0.05, 0.1) is 24.6 Å². The first kappa shape index (κ1) is 25.1. The number of ether oxygens (including phenoxy) is 1. The molecule has 192 valence electrons. The van der Waals surface area contributed by atoms with E-state index in [4.69, 9.17) is 16.3 Å². The minimum Gasteiger partial charge on any atom is -0.495 e. The number of fused-ring (bicyclic) bond motifs is 1. The average Bonchev–Trinajstić information content (AvgIpc) is 3.32. The zero-order valence-corrected chi connectivity index (χ0v) is 21.8. The predicted molar refractivity (Wildman–Crippen MR) is 149 cm³/mol. The summed E-state index contributed by atoms with van der Waals surface area (Å²) >= 11 is 6.16. The van der Waals surface area contributed by atoms with Crippen LogP contribution in [0.4, 0.5) is 17.2 Å². The highest BCUT2D eigenvalue weighted by atomic mass is 35.5. The molecule has 8 nitrogen and oxygen atoms in total. The molecule has 2 heterocycles. The van der Waals surface area contributed by atoms with Crippen molar-refractivity contribution in [3.63, 3.8) is 0 Å². The number of aryl methyl sites for hydroxylation is 1. The molecule has 0 fully saturated rings. The van der Waals surface area contributed by atoms with Crippen LogP contribution in [-0.2, 0) is 4.79 Å². The van der Waals surface area contributed by atoms with Crippen LogP contribution in [0.15, 0.2) is 90.3 Å². The highest BCUT2D eigenvalue weighted by molar-refractivity contribution is 6.30. The van der Waals surface area contributed by atoms with Gasteiger partial charge in [-0.2, -0.15) is 5.10 Å². The lowest BCUT2D eigenvalue weighted by Crippen LogP contribution is -2.32. The Kier molecular flexibility index (Phi) is 6.89. The third-order valence-corrected chi connectivity index (χ3v) is 6.58. The Hall–Kier alpha value is -4.56. The fourth-order valence-electron chi connectivity index (χ4n) is 4.53. The molecule has 3 aromatic carbocycles. The van der Waals surface area contributed by atoms with E-state index in [0.717, 1.165) is 11.1 Å². The lowest BCUT2D eigenvalue weighted by Gasteiger charge is -2.30. The Bertz CT molecular complexity index is 1560. The Labute approximate surface area is 225 Å². The molecule has 1 atom stereocenters. The molecule has 0 aliphatic carbocycles. The average molecular weight is 528 g/mol. The maximum atomic E-state index is 13.7. The first-order valence-electron chi connectivity index (χ1n) is 12.0. The van der Waals surface area contributed by atoms with Crippen molar-refractivity contribution >= 4 is 40.6 Å². The topological polar surface area (TPSA) is 97.3 Å². The van der Waals surface area contributed by atoms with Gasteiger partial charge in [0.1, 0.15) is 23.2 Å². The van der Waals surface area contributed by atoms with Gasteiger partial charge in [0.25, 0.3) is 11.8 Å². The highest BCUT2D eigenvalue weighted by Gasteiger charge is 2.35. The van der Waals surface area contributed by atoms with Gasteiger partial charge in [-0.05, 0) is 61.4 Å². The number of hydrogen-bond acceptors (Lipinski definition) is 5. The molecular weight excluding hydrogens is 502 g/mol. The molecular formula is C29H26ClN5O3. The zero-order chi connectivity index (χ0) is 26.8. The predicted octanol–water partition coefficient (Wildman–Crippen LogP) is 6.03. The molecule has 0 spiro atoms. The van der Waals surface area contributed by atoms with E-state index in [1.165, 1.54) is 6.20 Å². The number of benzene rings is 3. The molecule has 9 heteroatoms. The number of carbonyl (C=O) groups is 2. The number of carbonyl (C=O) groups excluding carboxylic acids is 2. The molecule has 4 aromatic rings. The van der Waals surface area contributed by atoms with E-state index in [1.54, 1.807) is 43.0 Å². The fourth-order valence-corrected chi connectivity index (χ4v) is 4.65. The van der Waals surface area contributed by atoms with Crippen LogP contribution in [0.5, 0.6) is 5.75 Å². The minimum atomic E-state index is -0.612. The number of rotatable bonds is 6. The number of para-hydroxylation sites is 2. The van der Waals surface area contributed by atoms with Gasteiger partial charge in [-0.1, -0.05) is 48.0 Å². The van der Waals surface area contributed by atoms with Crippen LogP contribution in [0.2, 0.25) is 5.02 Å². The summed E-state index contributed by atoms with van der Waals surface area (Å²) in [7, 11) is 1.55. The number of nitrogens with one attached hydrogen (secondary N) is 3. The Morgan fingerprint density at radius 1 is 0.974 bits per heavy atom. The van der Waals surface area contributed by atoms with Gasteiger partial charge >= 0.3 is 0 Å². The van der Waals surface area contributed by atoms with E-state index in [2.05, 4.69) is 21.0 Å². The fraction of sp³-hybridized carbons (Fsp3) is 0.138. The van der Waals surface area contributed by atoms with Crippen molar-refractivity contribution in [3.05, 3.63) is 112 Å². The van der Waals surface area contributed by atoms with Gasteiger partial charge in [0.15, 0.2) is 0 Å². The number of methoxy groups -OCH3 is 1. The molecule has 38 heavy (non-hydrogen) atoms. The normalized spacial score (nSPS) is 14.4. The van der Waals surface area contributed by atoms with Crippen molar-refractivity contribution in [1.82, 2.24) is 9.78 Å². The Balaban J connectivity index is 1.54. The molecule has 0 unspecified atom stereocenters. The van der Waals surface area contributed by atoms with E-state index in [1.807, 2.05) is 55.5 Å². The SMILES string of the molecule is COc1ccccc1NC(=O)C1=C(C)Nc2c(C(=O)Nc3cccc(C)c3)cnn2[C@H]1c1ccc(Cl)cc1. The molecule has 0 saturated carbocycles. The highest BCUT2D eigenvalue weighted by Crippen LogP contribution is 2.38. The summed E-state index contributed by atoms with van der Waals surface area (Å²) < 4.78 is 7.06. The third-order valence-electron chi connectivity index (χ3n) is 6.33. The standard InChI is InChI=1S/C29H26ClN5O3/c1-17-7-6-8-21(15-17)33-28(36)22-16-31-35-26(19-11-13-20(30)14-12-19)25(18(2)32-27(22)35)29(37)34-23-9-4-5-10-24(23)38-3/h4-16,26,32H,1-3H3,(H,33,36)(H,34,37)/t26-/m0/s1.